The van der Waals surface area contributed by atoms with Crippen LogP contribution >= 0.6 is 0 Å². The molecule has 31 heavy (non-hydrogen) atoms. The summed E-state index contributed by atoms with van der Waals surface area (Å²) < 4.78 is 25.0. The standard InChI is InChI=1S/C21H21N3O6S/c1-2-16-8-11-19(12-9-16)31(29,30)24(28)18(15-25)10-13-20(26)23(21(22)27)14-17-6-4-3-5-7-17/h1,3-9,11-12,15,18,28H,10,13-14H2,(H2,22,27)/t18-/m1/s1. The van der Waals surface area contributed by atoms with Gasteiger partial charge in [-0.1, -0.05) is 40.7 Å². The molecule has 2 aromatic carbocycles. The molecular weight excluding hydrogens is 422 g/mol. The van der Waals surface area contributed by atoms with Crippen LogP contribution in [-0.2, 0) is 26.2 Å². The van der Waals surface area contributed by atoms with Gasteiger partial charge in [0.1, 0.15) is 12.3 Å². The predicted molar refractivity (Wildman–Crippen MR) is 111 cm³/mol. The molecule has 2 rings (SSSR count). The highest BCUT2D eigenvalue weighted by Gasteiger charge is 2.31. The van der Waals surface area contributed by atoms with Gasteiger partial charge in [0.05, 0.1) is 11.4 Å². The molecule has 2 aromatic rings. The average molecular weight is 443 g/mol. The zero-order valence-corrected chi connectivity index (χ0v) is 17.2. The lowest BCUT2D eigenvalue weighted by Gasteiger charge is -2.23. The second-order valence-electron chi connectivity index (χ2n) is 6.49. The molecule has 0 spiro atoms. The van der Waals surface area contributed by atoms with E-state index in [2.05, 4.69) is 5.92 Å². The first kappa shape index (κ1) is 23.8. The Hall–Kier alpha value is -3.52. The van der Waals surface area contributed by atoms with Gasteiger partial charge in [-0.25, -0.2) is 13.2 Å². The molecule has 9 nitrogen and oxygen atoms in total. The highest BCUT2D eigenvalue weighted by atomic mass is 32.2. The van der Waals surface area contributed by atoms with E-state index in [-0.39, 0.29) is 28.6 Å². The quantitative estimate of drug-likeness (QED) is 0.342. The number of nitrogens with two attached hydrogens (primary N) is 1. The average Bonchev–Trinajstić information content (AvgIpc) is 2.78. The molecule has 0 heterocycles. The first-order valence-corrected chi connectivity index (χ1v) is 10.5. The summed E-state index contributed by atoms with van der Waals surface area (Å²) >= 11 is 0. The number of benzene rings is 2. The van der Waals surface area contributed by atoms with E-state index >= 15 is 0 Å². The van der Waals surface area contributed by atoms with Gasteiger partial charge in [-0.05, 0) is 36.2 Å². The van der Waals surface area contributed by atoms with Crippen LogP contribution in [0.25, 0.3) is 0 Å². The van der Waals surface area contributed by atoms with Gasteiger partial charge in [0.2, 0.25) is 5.91 Å². The molecule has 0 saturated carbocycles. The Balaban J connectivity index is 2.09. The van der Waals surface area contributed by atoms with Crippen LogP contribution < -0.4 is 5.73 Å². The molecule has 1 atom stereocenters. The number of urea groups is 1. The van der Waals surface area contributed by atoms with Crippen molar-refractivity contribution in [3.8, 4) is 12.3 Å². The second kappa shape index (κ2) is 10.5. The minimum atomic E-state index is -4.44. The number of imide groups is 1. The maximum Gasteiger partial charge on any atom is 0.321 e. The first-order chi connectivity index (χ1) is 14.7. The van der Waals surface area contributed by atoms with Crippen molar-refractivity contribution in [1.29, 1.82) is 0 Å². The Bertz CT molecular complexity index is 1080. The third kappa shape index (κ3) is 5.99. The van der Waals surface area contributed by atoms with Gasteiger partial charge in [0, 0.05) is 12.0 Å². The van der Waals surface area contributed by atoms with Crippen LogP contribution in [0.1, 0.15) is 24.0 Å². The van der Waals surface area contributed by atoms with Crippen LogP contribution in [0.5, 0.6) is 0 Å². The van der Waals surface area contributed by atoms with Crippen LogP contribution in [0, 0.1) is 12.3 Å². The second-order valence-corrected chi connectivity index (χ2v) is 8.29. The molecule has 0 bridgehead atoms. The SMILES string of the molecule is C#Cc1ccc(S(=O)(=O)N(O)[C@@H](C=O)CCC(=O)N(Cc2ccccc2)C(N)=O)cc1. The molecule has 162 valence electrons. The van der Waals surface area contributed by atoms with Gasteiger partial charge in [-0.15, -0.1) is 6.42 Å². The van der Waals surface area contributed by atoms with Crippen molar-refractivity contribution in [2.75, 3.05) is 0 Å². The number of rotatable bonds is 9. The maximum atomic E-state index is 12.6. The van der Waals surface area contributed by atoms with Crippen LogP contribution in [0.3, 0.4) is 0 Å². The molecular formula is C21H21N3O6S. The Morgan fingerprint density at radius 1 is 1.13 bits per heavy atom. The number of hydrogen-bond acceptors (Lipinski definition) is 6. The molecule has 0 aromatic heterocycles. The van der Waals surface area contributed by atoms with Crippen molar-refractivity contribution in [3.05, 3.63) is 65.7 Å². The minimum absolute atomic E-state index is 0.0799. The van der Waals surface area contributed by atoms with E-state index in [1.807, 2.05) is 0 Å². The fraction of sp³-hybridized carbons (Fsp3) is 0.190. The van der Waals surface area contributed by atoms with Gasteiger partial charge in [0.25, 0.3) is 10.0 Å². The molecule has 0 fully saturated rings. The third-order valence-corrected chi connectivity index (χ3v) is 6.04. The van der Waals surface area contributed by atoms with Gasteiger partial charge < -0.3 is 10.5 Å². The number of sulfonamides is 1. The smallest absolute Gasteiger partial charge is 0.321 e. The summed E-state index contributed by atoms with van der Waals surface area (Å²) in [4.78, 5) is 36.1. The topological polar surface area (TPSA) is 138 Å². The van der Waals surface area contributed by atoms with Crippen molar-refractivity contribution < 1.29 is 28.0 Å². The Morgan fingerprint density at radius 3 is 2.26 bits per heavy atom. The third-order valence-electron chi connectivity index (χ3n) is 4.41. The van der Waals surface area contributed by atoms with E-state index in [4.69, 9.17) is 12.2 Å². The van der Waals surface area contributed by atoms with Crippen molar-refractivity contribution in [2.24, 2.45) is 5.73 Å². The molecule has 0 aliphatic rings. The zero-order valence-electron chi connectivity index (χ0n) is 16.4. The molecule has 0 saturated heterocycles. The molecule has 0 unspecified atom stereocenters. The van der Waals surface area contributed by atoms with Crippen LogP contribution in [0.15, 0.2) is 59.5 Å². The van der Waals surface area contributed by atoms with Crippen molar-refractivity contribution in [3.63, 3.8) is 0 Å². The fourth-order valence-electron chi connectivity index (χ4n) is 2.70. The van der Waals surface area contributed by atoms with Crippen LogP contribution in [0.4, 0.5) is 4.79 Å². The van der Waals surface area contributed by atoms with E-state index in [1.165, 1.54) is 24.3 Å². The molecule has 3 amide bonds. The number of amides is 3. The van der Waals surface area contributed by atoms with Gasteiger partial charge in [0.15, 0.2) is 0 Å². The molecule has 0 aliphatic carbocycles. The van der Waals surface area contributed by atoms with Crippen molar-refractivity contribution in [1.82, 2.24) is 9.37 Å². The largest absolute Gasteiger partial charge is 0.351 e. The summed E-state index contributed by atoms with van der Waals surface area (Å²) in [6.45, 7) is -0.0799. The monoisotopic (exact) mass is 443 g/mol. The summed E-state index contributed by atoms with van der Waals surface area (Å²) in [6, 6.07) is 11.2. The number of terminal acetylenes is 1. The van der Waals surface area contributed by atoms with E-state index in [0.29, 0.717) is 11.1 Å². The normalized spacial score (nSPS) is 12.0. The number of carbonyl (C=O) groups is 3. The number of nitrogens with zero attached hydrogens (tertiary/aromatic N) is 2. The van der Waals surface area contributed by atoms with E-state index in [0.717, 1.165) is 4.90 Å². The minimum Gasteiger partial charge on any atom is -0.351 e. The fourth-order valence-corrected chi connectivity index (χ4v) is 3.91. The van der Waals surface area contributed by atoms with E-state index in [9.17, 15) is 28.0 Å². The number of aldehydes is 1. The Labute approximate surface area is 180 Å². The number of carbonyl (C=O) groups excluding carboxylic acids is 3. The van der Waals surface area contributed by atoms with Crippen LogP contribution in [0.2, 0.25) is 0 Å². The summed E-state index contributed by atoms with van der Waals surface area (Å²) in [5.41, 5.74) is 6.37. The summed E-state index contributed by atoms with van der Waals surface area (Å²) in [6.07, 6.45) is 4.66. The summed E-state index contributed by atoms with van der Waals surface area (Å²) in [5, 5.41) is 10.2. The number of primary amides is 1. The zero-order chi connectivity index (χ0) is 23.0. The van der Waals surface area contributed by atoms with E-state index < -0.39 is 34.4 Å². The lowest BCUT2D eigenvalue weighted by molar-refractivity contribution is -0.130. The summed E-state index contributed by atoms with van der Waals surface area (Å²) in [5.74, 6) is 1.62. The Kier molecular flexibility index (Phi) is 8.04. The van der Waals surface area contributed by atoms with Crippen LogP contribution in [-0.4, -0.2) is 47.3 Å². The summed E-state index contributed by atoms with van der Waals surface area (Å²) in [7, 11) is -4.44. The molecule has 0 aliphatic heterocycles. The van der Waals surface area contributed by atoms with Gasteiger partial charge in [-0.3, -0.25) is 14.9 Å². The van der Waals surface area contributed by atoms with E-state index in [1.54, 1.807) is 30.3 Å². The molecule has 10 heteroatoms. The van der Waals surface area contributed by atoms with Crippen molar-refractivity contribution in [2.45, 2.75) is 30.3 Å². The molecule has 0 radical (unpaired) electrons. The van der Waals surface area contributed by atoms with Crippen molar-refractivity contribution >= 4 is 28.2 Å². The molecule has 3 N–H and O–H groups in total. The maximum absolute atomic E-state index is 12.6. The van der Waals surface area contributed by atoms with Gasteiger partial charge in [-0.2, -0.15) is 0 Å². The highest BCUT2D eigenvalue weighted by molar-refractivity contribution is 7.89. The lowest BCUT2D eigenvalue weighted by Crippen LogP contribution is -2.42. The van der Waals surface area contributed by atoms with Gasteiger partial charge >= 0.3 is 6.03 Å². The predicted octanol–water partition coefficient (Wildman–Crippen LogP) is 1.50. The lowest BCUT2D eigenvalue weighted by atomic mass is 10.1. The number of hydrogen-bond donors (Lipinski definition) is 2. The Morgan fingerprint density at radius 2 is 1.74 bits per heavy atom. The number of hydroxylamine groups is 1. The highest BCUT2D eigenvalue weighted by Crippen LogP contribution is 2.19. The first-order valence-electron chi connectivity index (χ1n) is 9.09.